The molecule has 2 unspecified atom stereocenters. The second-order valence-electron chi connectivity index (χ2n) is 6.99. The van der Waals surface area contributed by atoms with E-state index in [0.717, 1.165) is 19.3 Å². The van der Waals surface area contributed by atoms with E-state index in [4.69, 9.17) is 4.43 Å². The fraction of sp³-hybridized carbons (Fsp3) is 0.923. The van der Waals surface area contributed by atoms with Gasteiger partial charge in [0.05, 0.1) is 6.07 Å². The topological polar surface area (TPSA) is 33.0 Å². The van der Waals surface area contributed by atoms with Crippen LogP contribution < -0.4 is 0 Å². The maximum atomic E-state index is 9.49. The minimum Gasteiger partial charge on any atom is -0.400 e. The molecule has 2 atom stereocenters. The van der Waals surface area contributed by atoms with Crippen LogP contribution in [0.4, 0.5) is 0 Å². The molecule has 0 N–H and O–H groups in total. The minimum absolute atomic E-state index is 0.341. The molecule has 1 rings (SSSR count). The molecular formula is C13H25NOSi. The van der Waals surface area contributed by atoms with Crippen LogP contribution in [0.5, 0.6) is 0 Å². The zero-order chi connectivity index (χ0) is 12.6. The molecule has 3 heteroatoms. The molecule has 0 radical (unpaired) electrons. The lowest BCUT2D eigenvalue weighted by atomic mass is 9.66. The van der Waals surface area contributed by atoms with Crippen LogP contribution in [-0.2, 0) is 4.43 Å². The van der Waals surface area contributed by atoms with Crippen LogP contribution in [0.15, 0.2) is 0 Å². The maximum Gasteiger partial charge on any atom is 0.185 e. The molecule has 2 nitrogen and oxygen atoms in total. The highest BCUT2D eigenvalue weighted by molar-refractivity contribution is 6.69. The summed E-state index contributed by atoms with van der Waals surface area (Å²) in [6.07, 6.45) is 3.07. The summed E-state index contributed by atoms with van der Waals surface area (Å²) < 4.78 is 6.20. The van der Waals surface area contributed by atoms with Crippen molar-refractivity contribution in [2.24, 2.45) is 11.3 Å². The molecule has 0 amide bonds. The Morgan fingerprint density at radius 3 is 2.19 bits per heavy atom. The molecular weight excluding hydrogens is 214 g/mol. The third-order valence-corrected chi connectivity index (χ3v) is 4.48. The molecule has 1 fully saturated rings. The van der Waals surface area contributed by atoms with Gasteiger partial charge in [0.15, 0.2) is 8.32 Å². The first-order valence-corrected chi connectivity index (χ1v) is 9.63. The molecule has 1 saturated carbocycles. The number of nitriles is 1. The van der Waals surface area contributed by atoms with E-state index >= 15 is 0 Å². The standard InChI is InChI=1S/C13H25NOSi/c1-11-9-12(2,3)7-8-13(11,10-14)15-16(4,5)6/h11H,7-9H2,1-6H3. The Bertz CT molecular complexity index is 300. The van der Waals surface area contributed by atoms with Gasteiger partial charge in [0.2, 0.25) is 0 Å². The molecule has 0 aromatic heterocycles. The smallest absolute Gasteiger partial charge is 0.185 e. The SMILES string of the molecule is CC1CC(C)(C)CCC1(C#N)O[Si](C)(C)C. The summed E-state index contributed by atoms with van der Waals surface area (Å²) in [6, 6.07) is 2.47. The largest absolute Gasteiger partial charge is 0.400 e. The molecule has 92 valence electrons. The lowest BCUT2D eigenvalue weighted by molar-refractivity contribution is -0.0124. The van der Waals surface area contributed by atoms with Crippen LogP contribution in [0.1, 0.15) is 40.0 Å². The second-order valence-corrected chi connectivity index (χ2v) is 11.4. The maximum absolute atomic E-state index is 9.49. The summed E-state index contributed by atoms with van der Waals surface area (Å²) in [5.74, 6) is 0.341. The van der Waals surface area contributed by atoms with Crippen LogP contribution in [0.3, 0.4) is 0 Å². The normalized spacial score (nSPS) is 34.4. The van der Waals surface area contributed by atoms with Crippen molar-refractivity contribution in [3.05, 3.63) is 0 Å². The lowest BCUT2D eigenvalue weighted by Crippen LogP contribution is -2.50. The van der Waals surface area contributed by atoms with E-state index in [1.54, 1.807) is 0 Å². The Kier molecular flexibility index (Phi) is 3.57. The molecule has 0 spiro atoms. The van der Waals surface area contributed by atoms with Gasteiger partial charge in [-0.1, -0.05) is 20.8 Å². The van der Waals surface area contributed by atoms with Gasteiger partial charge in [-0.3, -0.25) is 0 Å². The van der Waals surface area contributed by atoms with E-state index in [9.17, 15) is 5.26 Å². The molecule has 0 aliphatic heterocycles. The fourth-order valence-electron chi connectivity index (χ4n) is 2.75. The zero-order valence-corrected chi connectivity index (χ0v) is 12.6. The number of hydrogen-bond acceptors (Lipinski definition) is 2. The molecule has 1 aliphatic carbocycles. The molecule has 16 heavy (non-hydrogen) atoms. The summed E-state index contributed by atoms with van der Waals surface area (Å²) in [4.78, 5) is 0. The summed E-state index contributed by atoms with van der Waals surface area (Å²) in [5.41, 5.74) is -0.150. The molecule has 0 bridgehead atoms. The van der Waals surface area contributed by atoms with E-state index in [2.05, 4.69) is 46.5 Å². The summed E-state index contributed by atoms with van der Waals surface area (Å²) in [6.45, 7) is 13.2. The van der Waals surface area contributed by atoms with Gasteiger partial charge in [0, 0.05) is 0 Å². The van der Waals surface area contributed by atoms with Crippen LogP contribution in [-0.4, -0.2) is 13.9 Å². The molecule has 0 aromatic rings. The van der Waals surface area contributed by atoms with Crippen molar-refractivity contribution in [2.75, 3.05) is 0 Å². The Morgan fingerprint density at radius 2 is 1.81 bits per heavy atom. The van der Waals surface area contributed by atoms with Gasteiger partial charge in [-0.15, -0.1) is 0 Å². The first-order chi connectivity index (χ1) is 7.10. The first kappa shape index (κ1) is 13.7. The zero-order valence-electron chi connectivity index (χ0n) is 11.6. The fourth-order valence-corrected chi connectivity index (χ4v) is 4.19. The van der Waals surface area contributed by atoms with Crippen molar-refractivity contribution in [2.45, 2.75) is 65.3 Å². The Morgan fingerprint density at radius 1 is 1.25 bits per heavy atom. The number of hydrogen-bond donors (Lipinski definition) is 0. The molecule has 0 saturated heterocycles. The van der Waals surface area contributed by atoms with Gasteiger partial charge < -0.3 is 4.43 Å². The van der Waals surface area contributed by atoms with Gasteiger partial charge in [-0.05, 0) is 50.2 Å². The predicted molar refractivity (Wildman–Crippen MR) is 69.6 cm³/mol. The van der Waals surface area contributed by atoms with Gasteiger partial charge in [0.25, 0.3) is 0 Å². The Labute approximate surface area is 101 Å². The first-order valence-electron chi connectivity index (χ1n) is 6.22. The highest BCUT2D eigenvalue weighted by Gasteiger charge is 2.47. The van der Waals surface area contributed by atoms with Crippen molar-refractivity contribution >= 4 is 8.32 Å². The quantitative estimate of drug-likeness (QED) is 0.684. The monoisotopic (exact) mass is 239 g/mol. The Hall–Kier alpha value is -0.333. The van der Waals surface area contributed by atoms with Crippen LogP contribution in [0.25, 0.3) is 0 Å². The van der Waals surface area contributed by atoms with Crippen molar-refractivity contribution < 1.29 is 4.43 Å². The predicted octanol–water partition coefficient (Wildman–Crippen LogP) is 3.95. The lowest BCUT2D eigenvalue weighted by Gasteiger charge is -2.46. The Balaban J connectivity index is 2.87. The number of nitrogens with zero attached hydrogens (tertiary/aromatic N) is 1. The van der Waals surface area contributed by atoms with E-state index in [1.165, 1.54) is 0 Å². The van der Waals surface area contributed by atoms with Crippen LogP contribution in [0.2, 0.25) is 19.6 Å². The third-order valence-electron chi connectivity index (χ3n) is 3.51. The third kappa shape index (κ3) is 3.08. The van der Waals surface area contributed by atoms with E-state index in [-0.39, 0.29) is 0 Å². The highest BCUT2D eigenvalue weighted by atomic mass is 28.4. The summed E-state index contributed by atoms with van der Waals surface area (Å²) in [7, 11) is -1.65. The average molecular weight is 239 g/mol. The van der Waals surface area contributed by atoms with Gasteiger partial charge in [-0.2, -0.15) is 5.26 Å². The number of rotatable bonds is 2. The van der Waals surface area contributed by atoms with Gasteiger partial charge in [-0.25, -0.2) is 0 Å². The average Bonchev–Trinajstić information content (AvgIpc) is 2.08. The minimum atomic E-state index is -1.65. The molecule has 0 heterocycles. The van der Waals surface area contributed by atoms with E-state index in [1.807, 2.05) is 0 Å². The second kappa shape index (κ2) is 4.16. The van der Waals surface area contributed by atoms with Crippen LogP contribution >= 0.6 is 0 Å². The highest BCUT2D eigenvalue weighted by Crippen LogP contribution is 2.46. The molecule has 0 aromatic carbocycles. The molecule has 1 aliphatic rings. The van der Waals surface area contributed by atoms with Crippen molar-refractivity contribution in [1.29, 1.82) is 5.26 Å². The van der Waals surface area contributed by atoms with Crippen molar-refractivity contribution in [3.63, 3.8) is 0 Å². The van der Waals surface area contributed by atoms with E-state index in [0.29, 0.717) is 11.3 Å². The van der Waals surface area contributed by atoms with Crippen molar-refractivity contribution in [1.82, 2.24) is 0 Å². The van der Waals surface area contributed by atoms with E-state index < -0.39 is 13.9 Å². The summed E-state index contributed by atoms with van der Waals surface area (Å²) >= 11 is 0. The van der Waals surface area contributed by atoms with Crippen LogP contribution in [0, 0.1) is 22.7 Å². The van der Waals surface area contributed by atoms with Gasteiger partial charge in [0.1, 0.15) is 5.60 Å². The van der Waals surface area contributed by atoms with Crippen molar-refractivity contribution in [3.8, 4) is 6.07 Å². The van der Waals surface area contributed by atoms with Gasteiger partial charge >= 0.3 is 0 Å². The summed E-state index contributed by atoms with van der Waals surface area (Å²) in [5, 5.41) is 9.49.